The van der Waals surface area contributed by atoms with Crippen LogP contribution < -0.4 is 5.32 Å². The number of ether oxygens (including phenoxy) is 1. The molecule has 2 aliphatic rings. The summed E-state index contributed by atoms with van der Waals surface area (Å²) < 4.78 is 6.00. The lowest BCUT2D eigenvalue weighted by molar-refractivity contribution is -0.191. The third kappa shape index (κ3) is 3.80. The van der Waals surface area contributed by atoms with E-state index < -0.39 is 11.2 Å². The first kappa shape index (κ1) is 17.8. The molecule has 0 radical (unpaired) electrons. The Morgan fingerprint density at radius 1 is 1.40 bits per heavy atom. The summed E-state index contributed by atoms with van der Waals surface area (Å²) in [6.45, 7) is 4.39. The van der Waals surface area contributed by atoms with Crippen molar-refractivity contribution in [2.24, 2.45) is 0 Å². The van der Waals surface area contributed by atoms with E-state index in [4.69, 9.17) is 4.74 Å². The molecule has 0 saturated carbocycles. The summed E-state index contributed by atoms with van der Waals surface area (Å²) in [7, 11) is 0. The molecule has 2 atom stereocenters. The van der Waals surface area contributed by atoms with Gasteiger partial charge in [-0.25, -0.2) is 9.97 Å². The van der Waals surface area contributed by atoms with Crippen molar-refractivity contribution in [1.82, 2.24) is 20.2 Å². The van der Waals surface area contributed by atoms with Gasteiger partial charge in [0.2, 0.25) is 5.91 Å². The van der Waals surface area contributed by atoms with Gasteiger partial charge in [-0.3, -0.25) is 9.59 Å². The molecule has 8 heteroatoms. The maximum atomic E-state index is 12.5. The Balaban J connectivity index is 1.65. The average Bonchev–Trinajstić information content (AvgIpc) is 2.59. The van der Waals surface area contributed by atoms with Crippen LogP contribution in [0.1, 0.15) is 43.6 Å². The second kappa shape index (κ2) is 6.68. The highest BCUT2D eigenvalue weighted by atomic mass is 16.5. The van der Waals surface area contributed by atoms with Crippen molar-refractivity contribution in [3.8, 4) is 0 Å². The smallest absolute Gasteiger partial charge is 0.272 e. The number of hydrogen-bond donors (Lipinski definition) is 2. The Morgan fingerprint density at radius 3 is 2.72 bits per heavy atom. The summed E-state index contributed by atoms with van der Waals surface area (Å²) >= 11 is 0. The summed E-state index contributed by atoms with van der Waals surface area (Å²) in [6.07, 6.45) is 4.78. The van der Waals surface area contributed by atoms with Gasteiger partial charge >= 0.3 is 0 Å². The highest BCUT2D eigenvalue weighted by Gasteiger charge is 2.49. The molecule has 1 aromatic heterocycles. The predicted octanol–water partition coefficient (Wildman–Crippen LogP) is 0.127. The number of aromatic nitrogens is 2. The van der Waals surface area contributed by atoms with Gasteiger partial charge in [-0.1, -0.05) is 0 Å². The van der Waals surface area contributed by atoms with Crippen LogP contribution in [0.3, 0.4) is 0 Å². The van der Waals surface area contributed by atoms with E-state index in [0.29, 0.717) is 38.0 Å². The summed E-state index contributed by atoms with van der Waals surface area (Å²) in [6, 6.07) is 1.25. The number of piperidine rings is 1. The fourth-order valence-electron chi connectivity index (χ4n) is 3.55. The van der Waals surface area contributed by atoms with Gasteiger partial charge in [-0.2, -0.15) is 0 Å². The number of likely N-dealkylation sites (tertiary alicyclic amines) is 1. The fourth-order valence-corrected chi connectivity index (χ4v) is 3.55. The lowest BCUT2D eigenvalue weighted by atomic mass is 9.77. The quantitative estimate of drug-likeness (QED) is 0.787. The fraction of sp³-hybridized carbons (Fsp3) is 0.647. The monoisotopic (exact) mass is 348 g/mol. The van der Waals surface area contributed by atoms with Crippen LogP contribution in [-0.2, 0) is 9.53 Å². The number of rotatable bonds is 2. The highest BCUT2D eigenvalue weighted by Crippen LogP contribution is 2.38. The Kier molecular flexibility index (Phi) is 4.75. The van der Waals surface area contributed by atoms with Crippen molar-refractivity contribution >= 4 is 11.8 Å². The molecule has 3 rings (SSSR count). The van der Waals surface area contributed by atoms with Crippen molar-refractivity contribution in [2.45, 2.75) is 50.4 Å². The van der Waals surface area contributed by atoms with Crippen LogP contribution >= 0.6 is 0 Å². The Labute approximate surface area is 146 Å². The molecule has 25 heavy (non-hydrogen) atoms. The number of hydrogen-bond acceptors (Lipinski definition) is 6. The third-order valence-electron chi connectivity index (χ3n) is 5.14. The Hall–Kier alpha value is -2.06. The number of nitrogens with zero attached hydrogens (tertiary/aromatic N) is 3. The molecule has 3 heterocycles. The average molecular weight is 348 g/mol. The Morgan fingerprint density at radius 2 is 2.12 bits per heavy atom. The number of carbonyl (C=O) groups is 2. The van der Waals surface area contributed by atoms with Gasteiger partial charge in [0.15, 0.2) is 0 Å². The molecular weight excluding hydrogens is 324 g/mol. The lowest BCUT2D eigenvalue weighted by Gasteiger charge is -2.50. The summed E-state index contributed by atoms with van der Waals surface area (Å²) in [5.74, 6) is -0.280. The normalized spacial score (nSPS) is 28.6. The van der Waals surface area contributed by atoms with Crippen molar-refractivity contribution in [3.05, 3.63) is 24.3 Å². The van der Waals surface area contributed by atoms with Crippen molar-refractivity contribution in [3.63, 3.8) is 0 Å². The summed E-state index contributed by atoms with van der Waals surface area (Å²) in [4.78, 5) is 33.5. The van der Waals surface area contributed by atoms with E-state index in [1.54, 1.807) is 24.1 Å². The number of nitrogens with one attached hydrogen (secondary N) is 1. The molecule has 2 amide bonds. The van der Waals surface area contributed by atoms with Crippen LogP contribution in [0, 0.1) is 0 Å². The van der Waals surface area contributed by atoms with Crippen LogP contribution in [0.25, 0.3) is 0 Å². The van der Waals surface area contributed by atoms with E-state index in [9.17, 15) is 14.7 Å². The molecule has 2 N–H and O–H groups in total. The van der Waals surface area contributed by atoms with Gasteiger partial charge in [-0.05, 0) is 32.3 Å². The molecule has 136 valence electrons. The first-order chi connectivity index (χ1) is 11.8. The minimum absolute atomic E-state index is 0.113. The molecule has 1 spiro atoms. The maximum absolute atomic E-state index is 12.5. The molecular formula is C17H24N4O4. The largest absolute Gasteiger partial charge is 0.386 e. The summed E-state index contributed by atoms with van der Waals surface area (Å²) in [5.41, 5.74) is -1.13. The molecule has 2 aliphatic heterocycles. The second-order valence-electron chi connectivity index (χ2n) is 7.17. The predicted molar refractivity (Wildman–Crippen MR) is 88.7 cm³/mol. The van der Waals surface area contributed by atoms with Crippen molar-refractivity contribution in [1.29, 1.82) is 0 Å². The van der Waals surface area contributed by atoms with Gasteiger partial charge in [0, 0.05) is 26.2 Å². The zero-order chi connectivity index (χ0) is 18.1. The Bertz CT molecular complexity index is 641. The van der Waals surface area contributed by atoms with Crippen LogP contribution in [0.5, 0.6) is 0 Å². The summed E-state index contributed by atoms with van der Waals surface area (Å²) in [5, 5.41) is 13.3. The number of aliphatic hydroxyl groups is 1. The minimum atomic E-state index is -1.09. The van der Waals surface area contributed by atoms with Crippen LogP contribution in [-0.4, -0.2) is 68.7 Å². The molecule has 8 nitrogen and oxygen atoms in total. The van der Waals surface area contributed by atoms with E-state index in [2.05, 4.69) is 15.3 Å². The van der Waals surface area contributed by atoms with E-state index in [1.165, 1.54) is 13.3 Å². The molecule has 0 aliphatic carbocycles. The van der Waals surface area contributed by atoms with Crippen molar-refractivity contribution < 1.29 is 19.4 Å². The molecule has 2 saturated heterocycles. The topological polar surface area (TPSA) is 105 Å². The zero-order valence-corrected chi connectivity index (χ0v) is 14.6. The van der Waals surface area contributed by atoms with Crippen LogP contribution in [0.4, 0.5) is 0 Å². The molecule has 2 fully saturated rings. The standard InChI is InChI=1S/C17H24N4O4/c1-12(22)20-14-9-17(25-10-16(14,2)24)4-7-21(8-5-17)15(23)13-3-6-18-11-19-13/h3,6,11,14,24H,4-5,7-10H2,1-2H3,(H,20,22)/t14-,16-/m0/s1. The molecule has 0 aromatic carbocycles. The van der Waals surface area contributed by atoms with Gasteiger partial charge in [0.05, 0.1) is 18.2 Å². The first-order valence-electron chi connectivity index (χ1n) is 8.50. The SMILES string of the molecule is CC(=O)N[C@H]1CC2(CCN(C(=O)c3ccncn3)CC2)OC[C@]1(C)O. The molecule has 0 bridgehead atoms. The van der Waals surface area contributed by atoms with E-state index in [0.717, 1.165) is 0 Å². The third-order valence-corrected chi connectivity index (χ3v) is 5.14. The van der Waals surface area contributed by atoms with Gasteiger partial charge in [0.25, 0.3) is 5.91 Å². The van der Waals surface area contributed by atoms with E-state index in [-0.39, 0.29) is 24.5 Å². The number of carbonyl (C=O) groups excluding carboxylic acids is 2. The molecule has 0 unspecified atom stereocenters. The van der Waals surface area contributed by atoms with Crippen LogP contribution in [0.2, 0.25) is 0 Å². The lowest BCUT2D eigenvalue weighted by Crippen LogP contribution is -2.63. The highest BCUT2D eigenvalue weighted by molar-refractivity contribution is 5.92. The second-order valence-corrected chi connectivity index (χ2v) is 7.17. The van der Waals surface area contributed by atoms with Crippen molar-refractivity contribution in [2.75, 3.05) is 19.7 Å². The zero-order valence-electron chi connectivity index (χ0n) is 14.6. The number of amides is 2. The van der Waals surface area contributed by atoms with Gasteiger partial charge < -0.3 is 20.1 Å². The van der Waals surface area contributed by atoms with Gasteiger partial charge in [0.1, 0.15) is 17.6 Å². The molecule has 1 aromatic rings. The van der Waals surface area contributed by atoms with Gasteiger partial charge in [-0.15, -0.1) is 0 Å². The van der Waals surface area contributed by atoms with Crippen LogP contribution in [0.15, 0.2) is 18.6 Å². The first-order valence-corrected chi connectivity index (χ1v) is 8.50. The maximum Gasteiger partial charge on any atom is 0.272 e. The van der Waals surface area contributed by atoms with E-state index >= 15 is 0 Å². The minimum Gasteiger partial charge on any atom is -0.386 e. The van der Waals surface area contributed by atoms with E-state index in [1.807, 2.05) is 0 Å².